The molecule has 1 aliphatic heterocycles. The van der Waals surface area contributed by atoms with E-state index in [9.17, 15) is 9.59 Å². The first-order chi connectivity index (χ1) is 8.28. The summed E-state index contributed by atoms with van der Waals surface area (Å²) in [5.41, 5.74) is 4.85. The predicted octanol–water partition coefficient (Wildman–Crippen LogP) is 0.915. The third-order valence-electron chi connectivity index (χ3n) is 3.04. The molecule has 0 unspecified atom stereocenters. The minimum absolute atomic E-state index is 0.00257. The number of rotatable bonds is 4. The number of carbonyl (C=O) groups is 2. The molecule has 0 saturated carbocycles. The van der Waals surface area contributed by atoms with Crippen molar-refractivity contribution in [2.24, 2.45) is 11.7 Å². The fraction of sp³-hybridized carbons (Fsp3) is 0.846. The van der Waals surface area contributed by atoms with E-state index < -0.39 is 5.60 Å². The number of nitrogens with zero attached hydrogens (tertiary/aromatic N) is 1. The van der Waals surface area contributed by atoms with Crippen LogP contribution < -0.4 is 5.73 Å². The van der Waals surface area contributed by atoms with Gasteiger partial charge >= 0.3 is 5.97 Å². The molecule has 1 rings (SSSR count). The lowest BCUT2D eigenvalue weighted by Gasteiger charge is -2.30. The van der Waals surface area contributed by atoms with E-state index in [2.05, 4.69) is 4.90 Å². The minimum atomic E-state index is -0.421. The minimum Gasteiger partial charge on any atom is -0.460 e. The number of carbonyl (C=O) groups excluding carboxylic acids is 2. The van der Waals surface area contributed by atoms with Gasteiger partial charge in [0.25, 0.3) is 0 Å². The first kappa shape index (κ1) is 15.0. The zero-order valence-electron chi connectivity index (χ0n) is 11.6. The summed E-state index contributed by atoms with van der Waals surface area (Å²) in [5, 5.41) is 0. The van der Waals surface area contributed by atoms with Gasteiger partial charge < -0.3 is 15.4 Å². The van der Waals surface area contributed by atoms with Gasteiger partial charge in [0.1, 0.15) is 5.60 Å². The van der Waals surface area contributed by atoms with Crippen molar-refractivity contribution < 1.29 is 14.3 Å². The Kier molecular flexibility index (Phi) is 5.14. The smallest absolute Gasteiger partial charge is 0.307 e. The predicted molar refractivity (Wildman–Crippen MR) is 68.8 cm³/mol. The quantitative estimate of drug-likeness (QED) is 0.759. The Hall–Kier alpha value is -1.10. The Morgan fingerprint density at radius 3 is 2.28 bits per heavy atom. The summed E-state index contributed by atoms with van der Waals surface area (Å²) < 4.78 is 5.25. The Balaban J connectivity index is 2.22. The molecule has 1 saturated heterocycles. The lowest BCUT2D eigenvalue weighted by Crippen LogP contribution is -2.39. The average molecular weight is 256 g/mol. The van der Waals surface area contributed by atoms with E-state index in [1.54, 1.807) is 0 Å². The van der Waals surface area contributed by atoms with Gasteiger partial charge in [-0.2, -0.15) is 0 Å². The summed E-state index contributed by atoms with van der Waals surface area (Å²) in [4.78, 5) is 24.7. The maximum absolute atomic E-state index is 11.6. The standard InChI is InChI=1S/C13H24N2O3/c1-13(2,3)18-11(16)6-9-15-7-4-10(5-8-15)12(14)17/h10H,4-9H2,1-3H3,(H2,14,17). The molecule has 0 radical (unpaired) electrons. The van der Waals surface area contributed by atoms with Crippen molar-refractivity contribution >= 4 is 11.9 Å². The highest BCUT2D eigenvalue weighted by Crippen LogP contribution is 2.17. The van der Waals surface area contributed by atoms with Crippen molar-refractivity contribution in [1.29, 1.82) is 0 Å². The summed E-state index contributed by atoms with van der Waals surface area (Å²) in [7, 11) is 0. The van der Waals surface area contributed by atoms with E-state index in [0.717, 1.165) is 25.9 Å². The monoisotopic (exact) mass is 256 g/mol. The molecule has 0 atom stereocenters. The first-order valence-corrected chi connectivity index (χ1v) is 6.51. The number of primary amides is 1. The second kappa shape index (κ2) is 6.18. The zero-order valence-corrected chi connectivity index (χ0v) is 11.6. The molecule has 104 valence electrons. The molecule has 0 aromatic rings. The van der Waals surface area contributed by atoms with Crippen LogP contribution in [0.2, 0.25) is 0 Å². The number of hydrogen-bond donors (Lipinski definition) is 1. The Morgan fingerprint density at radius 2 is 1.83 bits per heavy atom. The molecule has 2 N–H and O–H groups in total. The zero-order chi connectivity index (χ0) is 13.8. The van der Waals surface area contributed by atoms with Crippen molar-refractivity contribution in [3.63, 3.8) is 0 Å². The number of ether oxygens (including phenoxy) is 1. The van der Waals surface area contributed by atoms with Gasteiger partial charge in [-0.1, -0.05) is 0 Å². The molecule has 5 heteroatoms. The summed E-state index contributed by atoms with van der Waals surface area (Å²) in [5.74, 6) is -0.371. The van der Waals surface area contributed by atoms with Crippen LogP contribution in [-0.4, -0.2) is 42.0 Å². The largest absolute Gasteiger partial charge is 0.460 e. The lowest BCUT2D eigenvalue weighted by molar-refractivity contribution is -0.155. The molecule has 1 heterocycles. The van der Waals surface area contributed by atoms with Crippen LogP contribution in [0.25, 0.3) is 0 Å². The molecule has 0 aliphatic carbocycles. The highest BCUT2D eigenvalue weighted by Gasteiger charge is 2.24. The van der Waals surface area contributed by atoms with Crippen molar-refractivity contribution in [3.05, 3.63) is 0 Å². The van der Waals surface area contributed by atoms with Gasteiger partial charge in [-0.05, 0) is 46.7 Å². The van der Waals surface area contributed by atoms with E-state index in [1.807, 2.05) is 20.8 Å². The van der Waals surface area contributed by atoms with Crippen LogP contribution in [-0.2, 0) is 14.3 Å². The van der Waals surface area contributed by atoms with Crippen LogP contribution in [0.4, 0.5) is 0 Å². The van der Waals surface area contributed by atoms with E-state index in [-0.39, 0.29) is 17.8 Å². The van der Waals surface area contributed by atoms with E-state index in [4.69, 9.17) is 10.5 Å². The van der Waals surface area contributed by atoms with Crippen LogP contribution >= 0.6 is 0 Å². The Labute approximate surface area is 109 Å². The van der Waals surface area contributed by atoms with Crippen molar-refractivity contribution in [2.45, 2.75) is 45.6 Å². The molecule has 0 aromatic heterocycles. The summed E-state index contributed by atoms with van der Waals surface area (Å²) in [6.07, 6.45) is 1.99. The fourth-order valence-electron chi connectivity index (χ4n) is 2.08. The van der Waals surface area contributed by atoms with Gasteiger partial charge in [0.15, 0.2) is 0 Å². The maximum Gasteiger partial charge on any atom is 0.307 e. The topological polar surface area (TPSA) is 72.6 Å². The summed E-state index contributed by atoms with van der Waals surface area (Å²) in [6.45, 7) is 7.95. The molecule has 18 heavy (non-hydrogen) atoms. The van der Waals surface area contributed by atoms with Crippen LogP contribution in [0.1, 0.15) is 40.0 Å². The highest BCUT2D eigenvalue weighted by molar-refractivity contribution is 5.76. The molecule has 0 bridgehead atoms. The molecule has 1 fully saturated rings. The highest BCUT2D eigenvalue weighted by atomic mass is 16.6. The van der Waals surface area contributed by atoms with Gasteiger partial charge in [-0.25, -0.2) is 0 Å². The van der Waals surface area contributed by atoms with Crippen molar-refractivity contribution in [3.8, 4) is 0 Å². The summed E-state index contributed by atoms with van der Waals surface area (Å²) >= 11 is 0. The normalized spacial score (nSPS) is 18.6. The third-order valence-corrected chi connectivity index (χ3v) is 3.04. The van der Waals surface area contributed by atoms with Gasteiger partial charge in [0.2, 0.25) is 5.91 Å². The number of hydrogen-bond acceptors (Lipinski definition) is 4. The van der Waals surface area contributed by atoms with Gasteiger partial charge in [0.05, 0.1) is 6.42 Å². The Bertz CT molecular complexity index is 302. The van der Waals surface area contributed by atoms with Gasteiger partial charge in [-0.15, -0.1) is 0 Å². The van der Waals surface area contributed by atoms with Crippen LogP contribution in [0.15, 0.2) is 0 Å². The molecule has 1 amide bonds. The number of likely N-dealkylation sites (tertiary alicyclic amines) is 1. The second-order valence-electron chi connectivity index (χ2n) is 5.85. The molecular weight excluding hydrogens is 232 g/mol. The summed E-state index contributed by atoms with van der Waals surface area (Å²) in [6, 6.07) is 0. The number of esters is 1. The number of nitrogens with two attached hydrogens (primary N) is 1. The molecule has 5 nitrogen and oxygen atoms in total. The van der Waals surface area contributed by atoms with Gasteiger partial charge in [0, 0.05) is 12.5 Å². The first-order valence-electron chi connectivity index (χ1n) is 6.51. The molecule has 1 aliphatic rings. The van der Waals surface area contributed by atoms with Crippen LogP contribution in [0.5, 0.6) is 0 Å². The number of amides is 1. The van der Waals surface area contributed by atoms with Crippen LogP contribution in [0.3, 0.4) is 0 Å². The fourth-order valence-corrected chi connectivity index (χ4v) is 2.08. The lowest BCUT2D eigenvalue weighted by atomic mass is 9.96. The molecular formula is C13H24N2O3. The van der Waals surface area contributed by atoms with E-state index in [1.165, 1.54) is 0 Å². The average Bonchev–Trinajstić information content (AvgIpc) is 2.24. The van der Waals surface area contributed by atoms with E-state index >= 15 is 0 Å². The SMILES string of the molecule is CC(C)(C)OC(=O)CCN1CCC(C(N)=O)CC1. The maximum atomic E-state index is 11.6. The molecule has 0 spiro atoms. The van der Waals surface area contributed by atoms with Crippen molar-refractivity contribution in [1.82, 2.24) is 4.90 Å². The number of piperidine rings is 1. The van der Waals surface area contributed by atoms with E-state index in [0.29, 0.717) is 13.0 Å². The molecule has 0 aromatic carbocycles. The van der Waals surface area contributed by atoms with Crippen molar-refractivity contribution in [2.75, 3.05) is 19.6 Å². The van der Waals surface area contributed by atoms with Gasteiger partial charge in [-0.3, -0.25) is 9.59 Å². The Morgan fingerprint density at radius 1 is 1.28 bits per heavy atom. The van der Waals surface area contributed by atoms with Crippen LogP contribution in [0, 0.1) is 5.92 Å². The third kappa shape index (κ3) is 5.49. The second-order valence-corrected chi connectivity index (χ2v) is 5.85.